The van der Waals surface area contributed by atoms with Crippen molar-refractivity contribution < 1.29 is 14.6 Å². The lowest BCUT2D eigenvalue weighted by Crippen LogP contribution is -2.13. The van der Waals surface area contributed by atoms with Crippen LogP contribution < -0.4 is 5.73 Å². The molecule has 1 aromatic rings. The molecule has 0 spiro atoms. The van der Waals surface area contributed by atoms with E-state index in [1.807, 2.05) is 9.24 Å². The van der Waals surface area contributed by atoms with Crippen molar-refractivity contribution in [2.24, 2.45) is 5.73 Å². The molecule has 6 nitrogen and oxygen atoms in total. The molecule has 13 heavy (non-hydrogen) atoms. The molecule has 1 unspecified atom stereocenters. The zero-order valence-electron chi connectivity index (χ0n) is 6.46. The Morgan fingerprint density at radius 2 is 1.69 bits per heavy atom. The first-order valence-electron chi connectivity index (χ1n) is 3.18. The van der Waals surface area contributed by atoms with E-state index in [0.717, 1.165) is 0 Å². The molecular weight excluding hydrogens is 193 g/mol. The second-order valence-corrected chi connectivity index (χ2v) is 2.87. The van der Waals surface area contributed by atoms with Gasteiger partial charge in [-0.1, -0.05) is 9.24 Å². The number of nitrogen functional groups attached to an aromatic ring is 1. The number of nitrogens with one attached hydrogen (secondary N) is 2. The van der Waals surface area contributed by atoms with Crippen LogP contribution in [0, 0.1) is 10.8 Å². The molecule has 0 radical (unpaired) electrons. The Labute approximate surface area is 75.6 Å². The van der Waals surface area contributed by atoms with Crippen LogP contribution in [-0.2, 0) is 0 Å². The first-order chi connectivity index (χ1) is 5.95. The summed E-state index contributed by atoms with van der Waals surface area (Å²) in [5.41, 5.74) is 4.74. The van der Waals surface area contributed by atoms with Crippen LogP contribution in [0.2, 0.25) is 0 Å². The van der Waals surface area contributed by atoms with Gasteiger partial charge in [-0.3, -0.25) is 5.41 Å². The summed E-state index contributed by atoms with van der Waals surface area (Å²) in [7, 11) is 2.00. The van der Waals surface area contributed by atoms with E-state index < -0.39 is 17.7 Å². The predicted molar refractivity (Wildman–Crippen MR) is 49.6 cm³/mol. The van der Waals surface area contributed by atoms with E-state index in [9.17, 15) is 0 Å². The van der Waals surface area contributed by atoms with Crippen molar-refractivity contribution in [3.63, 3.8) is 0 Å². The monoisotopic (exact) mass is 201 g/mol. The van der Waals surface area contributed by atoms with E-state index in [-0.39, 0.29) is 16.6 Å². The molecule has 0 aromatic carbocycles. The maximum Gasteiger partial charge on any atom is 0.297 e. The molecule has 1 atom stereocenters. The average molecular weight is 201 g/mol. The summed E-state index contributed by atoms with van der Waals surface area (Å²) >= 11 is 0. The quantitative estimate of drug-likeness (QED) is 0.265. The van der Waals surface area contributed by atoms with Gasteiger partial charge >= 0.3 is 0 Å². The molecule has 1 heterocycles. The third-order valence-electron chi connectivity index (χ3n) is 1.41. The molecule has 1 rings (SSSR count). The van der Waals surface area contributed by atoms with E-state index in [2.05, 4.69) is 4.42 Å². The fraction of sp³-hybridized carbons (Fsp3) is 0. The number of hydrogen-bond donors (Lipinski definition) is 5. The smallest absolute Gasteiger partial charge is 0.297 e. The highest BCUT2D eigenvalue weighted by molar-refractivity contribution is 7.41. The minimum Gasteiger partial charge on any atom is -0.480 e. The first kappa shape index (κ1) is 9.54. The lowest BCUT2D eigenvalue weighted by molar-refractivity contribution is 0.265. The number of hydrogen-bond acceptors (Lipinski definition) is 5. The van der Waals surface area contributed by atoms with E-state index in [0.29, 0.717) is 0 Å². The van der Waals surface area contributed by atoms with Gasteiger partial charge in [0.15, 0.2) is 0 Å². The molecule has 0 amide bonds. The Morgan fingerprint density at radius 3 is 2.00 bits per heavy atom. The molecule has 0 aliphatic heterocycles. The van der Waals surface area contributed by atoms with Crippen molar-refractivity contribution in [2.45, 2.75) is 0 Å². The number of rotatable bonds is 2. The zero-order valence-corrected chi connectivity index (χ0v) is 7.61. The van der Waals surface area contributed by atoms with Gasteiger partial charge in [0.25, 0.3) is 11.9 Å². The lowest BCUT2D eigenvalue weighted by atomic mass is 10.2. The van der Waals surface area contributed by atoms with Crippen molar-refractivity contribution in [3.8, 4) is 11.9 Å². The number of nitrogens with two attached hydrogens (primary N) is 1. The average Bonchev–Trinajstić information content (AvgIpc) is 2.24. The van der Waals surface area contributed by atoms with Gasteiger partial charge in [-0.2, -0.15) is 0 Å². The van der Waals surface area contributed by atoms with E-state index >= 15 is 0 Å². The summed E-state index contributed by atoms with van der Waals surface area (Å²) in [5.74, 6) is -1.75. The van der Waals surface area contributed by atoms with Crippen LogP contribution in [0.25, 0.3) is 0 Å². The fourth-order valence-corrected chi connectivity index (χ4v) is 1.18. The highest BCUT2D eigenvalue weighted by atomic mass is 31.0. The van der Waals surface area contributed by atoms with Crippen LogP contribution in [0.1, 0.15) is 11.1 Å². The van der Waals surface area contributed by atoms with Gasteiger partial charge in [-0.15, -0.1) is 0 Å². The molecule has 0 bridgehead atoms. The fourth-order valence-electron chi connectivity index (χ4n) is 0.907. The van der Waals surface area contributed by atoms with Gasteiger partial charge in [-0.05, 0) is 0 Å². The van der Waals surface area contributed by atoms with Crippen LogP contribution in [-0.4, -0.2) is 21.5 Å². The van der Waals surface area contributed by atoms with Crippen molar-refractivity contribution in [1.82, 2.24) is 0 Å². The van der Waals surface area contributed by atoms with Crippen molar-refractivity contribution >= 4 is 20.5 Å². The topological polar surface area (TPSA) is 127 Å². The molecule has 0 saturated carbocycles. The van der Waals surface area contributed by atoms with Crippen molar-refractivity contribution in [1.29, 1.82) is 10.8 Å². The second-order valence-electron chi connectivity index (χ2n) is 2.29. The van der Waals surface area contributed by atoms with Gasteiger partial charge in [0, 0.05) is 0 Å². The molecule has 0 fully saturated rings. The van der Waals surface area contributed by atoms with E-state index in [1.165, 1.54) is 0 Å². The molecule has 6 N–H and O–H groups in total. The molecule has 0 aliphatic rings. The van der Waals surface area contributed by atoms with Gasteiger partial charge in [-0.25, -0.2) is 0 Å². The van der Waals surface area contributed by atoms with Crippen LogP contribution in [0.15, 0.2) is 4.42 Å². The Hall–Kier alpha value is -1.55. The maximum absolute atomic E-state index is 9.10. The Morgan fingerprint density at radius 1 is 1.23 bits per heavy atom. The van der Waals surface area contributed by atoms with Gasteiger partial charge < -0.3 is 25.8 Å². The molecule has 70 valence electrons. The molecule has 0 aliphatic carbocycles. The third-order valence-corrected chi connectivity index (χ3v) is 1.70. The summed E-state index contributed by atoms with van der Waals surface area (Å²) in [6.45, 7) is 0. The summed E-state index contributed by atoms with van der Waals surface area (Å²) in [6.07, 6.45) is 0. The number of aromatic hydroxyl groups is 2. The normalized spacial score (nSPS) is 9.92. The number of amidine groups is 1. The Balaban J connectivity index is 3.47. The number of furan rings is 1. The summed E-state index contributed by atoms with van der Waals surface area (Å²) in [6, 6.07) is 0. The van der Waals surface area contributed by atoms with Gasteiger partial charge in [0.1, 0.15) is 11.4 Å². The molecule has 1 aromatic heterocycles. The van der Waals surface area contributed by atoms with E-state index in [1.54, 1.807) is 0 Å². The summed E-state index contributed by atoms with van der Waals surface area (Å²) in [4.78, 5) is 0. The summed E-state index contributed by atoms with van der Waals surface area (Å²) < 4.78 is 4.40. The predicted octanol–water partition coefficient (Wildman–Crippen LogP) is 0.175. The largest absolute Gasteiger partial charge is 0.480 e. The van der Waals surface area contributed by atoms with Crippen LogP contribution in [0.4, 0.5) is 0 Å². The van der Waals surface area contributed by atoms with Crippen molar-refractivity contribution in [3.05, 3.63) is 11.1 Å². The molecule has 0 saturated heterocycles. The van der Waals surface area contributed by atoms with Crippen LogP contribution in [0.5, 0.6) is 11.9 Å². The standard InChI is InChI=1S/C6H8N3O3P/c7-3(8)1-2(4(9)13)6(11)12-5(1)10/h9-11H,13H2,(H3,7,8). The maximum atomic E-state index is 9.10. The van der Waals surface area contributed by atoms with E-state index in [4.69, 9.17) is 26.8 Å². The first-order valence-corrected chi connectivity index (χ1v) is 3.76. The highest BCUT2D eigenvalue weighted by Gasteiger charge is 2.23. The van der Waals surface area contributed by atoms with Crippen LogP contribution in [0.3, 0.4) is 0 Å². The second kappa shape index (κ2) is 3.06. The van der Waals surface area contributed by atoms with Gasteiger partial charge in [0.2, 0.25) is 0 Å². The Kier molecular flexibility index (Phi) is 2.25. The molecule has 7 heteroatoms. The summed E-state index contributed by atoms with van der Waals surface area (Å²) in [5, 5.41) is 32.4. The minimum atomic E-state index is -0.660. The van der Waals surface area contributed by atoms with Gasteiger partial charge in [0.05, 0.1) is 11.0 Å². The molecular formula is C6H8N3O3P. The highest BCUT2D eigenvalue weighted by Crippen LogP contribution is 2.34. The SMILES string of the molecule is N=C(N)c1c(O)oc(O)c1C(=N)P. The van der Waals surface area contributed by atoms with Crippen molar-refractivity contribution in [2.75, 3.05) is 0 Å². The minimum absolute atomic E-state index is 0.0880. The lowest BCUT2D eigenvalue weighted by Gasteiger charge is -1.97. The zero-order chi connectivity index (χ0) is 10.2. The third kappa shape index (κ3) is 1.48. The Bertz CT molecular complexity index is 350. The van der Waals surface area contributed by atoms with Crippen LogP contribution >= 0.6 is 9.24 Å².